The van der Waals surface area contributed by atoms with Crippen molar-refractivity contribution in [2.75, 3.05) is 26.2 Å². The summed E-state index contributed by atoms with van der Waals surface area (Å²) in [6, 6.07) is 0. The normalized spacial score (nSPS) is 10.6. The minimum atomic E-state index is -0.325. The molecule has 0 radical (unpaired) electrons. The molecule has 0 N–H and O–H groups in total. The van der Waals surface area contributed by atoms with Crippen LogP contribution in [0.3, 0.4) is 0 Å². The van der Waals surface area contributed by atoms with Crippen molar-refractivity contribution in [2.24, 2.45) is 0 Å². The van der Waals surface area contributed by atoms with E-state index in [1.807, 2.05) is 0 Å². The Balaban J connectivity index is 3.64. The molecular formula is C15H29NO2. The molecule has 0 unspecified atom stereocenters. The Bertz CT molecular complexity index is 217. The van der Waals surface area contributed by atoms with Crippen molar-refractivity contribution in [1.82, 2.24) is 4.90 Å². The average molecular weight is 255 g/mol. The lowest BCUT2D eigenvalue weighted by molar-refractivity contribution is -0.138. The van der Waals surface area contributed by atoms with E-state index in [1.165, 1.54) is 38.2 Å². The van der Waals surface area contributed by atoms with Crippen molar-refractivity contribution in [3.05, 3.63) is 12.7 Å². The fourth-order valence-corrected chi connectivity index (χ4v) is 1.92. The van der Waals surface area contributed by atoms with Crippen molar-refractivity contribution in [3.63, 3.8) is 0 Å². The van der Waals surface area contributed by atoms with Gasteiger partial charge in [0, 0.05) is 12.6 Å². The molecule has 0 aliphatic heterocycles. The lowest BCUT2D eigenvalue weighted by Gasteiger charge is -2.21. The van der Waals surface area contributed by atoms with Gasteiger partial charge in [-0.05, 0) is 25.9 Å². The van der Waals surface area contributed by atoms with Gasteiger partial charge in [-0.2, -0.15) is 0 Å². The molecule has 0 atom stereocenters. The first-order valence-electron chi connectivity index (χ1n) is 7.26. The summed E-state index contributed by atoms with van der Waals surface area (Å²) in [5, 5.41) is 0. The topological polar surface area (TPSA) is 29.5 Å². The van der Waals surface area contributed by atoms with E-state index in [-0.39, 0.29) is 5.97 Å². The van der Waals surface area contributed by atoms with E-state index in [4.69, 9.17) is 4.74 Å². The first-order chi connectivity index (χ1) is 8.74. The lowest BCUT2D eigenvalue weighted by Crippen LogP contribution is -2.30. The van der Waals surface area contributed by atoms with E-state index in [9.17, 15) is 4.79 Å². The van der Waals surface area contributed by atoms with Gasteiger partial charge in [0.05, 0.1) is 0 Å². The molecule has 0 aliphatic rings. The number of hydrogen-bond donors (Lipinski definition) is 0. The number of carbonyl (C=O) groups excluding carboxylic acids is 1. The maximum atomic E-state index is 10.9. The molecular weight excluding hydrogens is 226 g/mol. The highest BCUT2D eigenvalue weighted by molar-refractivity contribution is 5.81. The number of nitrogens with zero attached hydrogens (tertiary/aromatic N) is 1. The number of ether oxygens (including phenoxy) is 1. The Morgan fingerprint density at radius 1 is 1.06 bits per heavy atom. The summed E-state index contributed by atoms with van der Waals surface area (Å²) < 4.78 is 5.01. The standard InChI is InChI=1S/C15H29NO2/c1-4-7-8-9-10-12-16(11-5-2)13-14-18-15(17)6-3/h6H,3-5,7-14H2,1-2H3. The van der Waals surface area contributed by atoms with Crippen LogP contribution in [0.2, 0.25) is 0 Å². The van der Waals surface area contributed by atoms with E-state index in [0.29, 0.717) is 6.61 Å². The summed E-state index contributed by atoms with van der Waals surface area (Å²) in [5.74, 6) is -0.325. The van der Waals surface area contributed by atoms with E-state index in [0.717, 1.165) is 26.1 Å². The molecule has 0 aromatic carbocycles. The van der Waals surface area contributed by atoms with Gasteiger partial charge in [-0.15, -0.1) is 0 Å². The fourth-order valence-electron chi connectivity index (χ4n) is 1.92. The maximum absolute atomic E-state index is 10.9. The van der Waals surface area contributed by atoms with Crippen LogP contribution in [0.25, 0.3) is 0 Å². The number of unbranched alkanes of at least 4 members (excludes halogenated alkanes) is 4. The van der Waals surface area contributed by atoms with E-state index in [2.05, 4.69) is 25.3 Å². The largest absolute Gasteiger partial charge is 0.461 e. The van der Waals surface area contributed by atoms with Crippen LogP contribution in [-0.4, -0.2) is 37.1 Å². The molecule has 3 nitrogen and oxygen atoms in total. The second-order valence-electron chi connectivity index (χ2n) is 4.63. The smallest absolute Gasteiger partial charge is 0.330 e. The third-order valence-electron chi connectivity index (χ3n) is 2.94. The van der Waals surface area contributed by atoms with Crippen LogP contribution >= 0.6 is 0 Å². The van der Waals surface area contributed by atoms with E-state index < -0.39 is 0 Å². The Morgan fingerprint density at radius 3 is 2.39 bits per heavy atom. The molecule has 0 amide bonds. The summed E-state index contributed by atoms with van der Waals surface area (Å²) in [4.78, 5) is 13.3. The number of rotatable bonds is 12. The van der Waals surface area contributed by atoms with Gasteiger partial charge in [0.1, 0.15) is 6.61 Å². The van der Waals surface area contributed by atoms with Gasteiger partial charge in [0.15, 0.2) is 0 Å². The summed E-state index contributed by atoms with van der Waals surface area (Å²) in [5.41, 5.74) is 0. The highest BCUT2D eigenvalue weighted by Gasteiger charge is 2.04. The molecule has 0 rings (SSSR count). The molecule has 0 bridgehead atoms. The van der Waals surface area contributed by atoms with Gasteiger partial charge in [-0.1, -0.05) is 46.1 Å². The molecule has 106 valence electrons. The zero-order valence-electron chi connectivity index (χ0n) is 12.1. The zero-order chi connectivity index (χ0) is 13.6. The minimum absolute atomic E-state index is 0.325. The summed E-state index contributed by atoms with van der Waals surface area (Å²) in [6.45, 7) is 11.3. The Kier molecular flexibility index (Phi) is 12.0. The Hall–Kier alpha value is -0.830. The average Bonchev–Trinajstić information content (AvgIpc) is 2.38. The van der Waals surface area contributed by atoms with Crippen LogP contribution in [0.5, 0.6) is 0 Å². The first kappa shape index (κ1) is 17.2. The van der Waals surface area contributed by atoms with Crippen molar-refractivity contribution in [1.29, 1.82) is 0 Å². The molecule has 0 aromatic rings. The van der Waals surface area contributed by atoms with Crippen molar-refractivity contribution >= 4 is 5.97 Å². The van der Waals surface area contributed by atoms with E-state index in [1.54, 1.807) is 0 Å². The summed E-state index contributed by atoms with van der Waals surface area (Å²) >= 11 is 0. The molecule has 3 heteroatoms. The van der Waals surface area contributed by atoms with Crippen LogP contribution in [0, 0.1) is 0 Å². The van der Waals surface area contributed by atoms with Crippen LogP contribution < -0.4 is 0 Å². The van der Waals surface area contributed by atoms with Crippen LogP contribution in [0.15, 0.2) is 12.7 Å². The van der Waals surface area contributed by atoms with E-state index >= 15 is 0 Å². The second-order valence-corrected chi connectivity index (χ2v) is 4.63. The minimum Gasteiger partial charge on any atom is -0.461 e. The maximum Gasteiger partial charge on any atom is 0.330 e. The molecule has 18 heavy (non-hydrogen) atoms. The van der Waals surface area contributed by atoms with Gasteiger partial charge in [0.2, 0.25) is 0 Å². The SMILES string of the molecule is C=CC(=O)OCCN(CCC)CCCCCCC. The van der Waals surface area contributed by atoms with Crippen molar-refractivity contribution in [2.45, 2.75) is 52.4 Å². The third-order valence-corrected chi connectivity index (χ3v) is 2.94. The highest BCUT2D eigenvalue weighted by Crippen LogP contribution is 2.04. The highest BCUT2D eigenvalue weighted by atomic mass is 16.5. The van der Waals surface area contributed by atoms with Crippen LogP contribution in [0.4, 0.5) is 0 Å². The molecule has 0 fully saturated rings. The fraction of sp³-hybridized carbons (Fsp3) is 0.800. The molecule has 0 aromatic heterocycles. The predicted octanol–water partition coefficient (Wildman–Crippen LogP) is 3.40. The number of esters is 1. The summed E-state index contributed by atoms with van der Waals surface area (Å²) in [6.07, 6.45) is 8.87. The Labute approximate surface area is 112 Å². The van der Waals surface area contributed by atoms with Gasteiger partial charge < -0.3 is 4.74 Å². The predicted molar refractivity (Wildman–Crippen MR) is 76.6 cm³/mol. The lowest BCUT2D eigenvalue weighted by atomic mass is 10.1. The monoisotopic (exact) mass is 255 g/mol. The van der Waals surface area contributed by atoms with Gasteiger partial charge >= 0.3 is 5.97 Å². The van der Waals surface area contributed by atoms with Gasteiger partial charge in [0.25, 0.3) is 0 Å². The van der Waals surface area contributed by atoms with Gasteiger partial charge in [-0.25, -0.2) is 4.79 Å². The first-order valence-corrected chi connectivity index (χ1v) is 7.26. The molecule has 0 heterocycles. The number of carbonyl (C=O) groups is 1. The molecule has 0 aliphatic carbocycles. The molecule has 0 saturated carbocycles. The summed E-state index contributed by atoms with van der Waals surface area (Å²) in [7, 11) is 0. The Morgan fingerprint density at radius 2 is 1.78 bits per heavy atom. The van der Waals surface area contributed by atoms with Crippen LogP contribution in [-0.2, 0) is 9.53 Å². The third kappa shape index (κ3) is 10.3. The molecule has 0 saturated heterocycles. The van der Waals surface area contributed by atoms with Crippen LogP contribution in [0.1, 0.15) is 52.4 Å². The van der Waals surface area contributed by atoms with Crippen molar-refractivity contribution in [3.8, 4) is 0 Å². The van der Waals surface area contributed by atoms with Crippen molar-refractivity contribution < 1.29 is 9.53 Å². The number of hydrogen-bond acceptors (Lipinski definition) is 3. The quantitative estimate of drug-likeness (QED) is 0.304. The molecule has 0 spiro atoms. The zero-order valence-corrected chi connectivity index (χ0v) is 12.1. The second kappa shape index (κ2) is 12.6. The van der Waals surface area contributed by atoms with Gasteiger partial charge in [-0.3, -0.25) is 4.90 Å².